The molecule has 0 saturated carbocycles. The first-order chi connectivity index (χ1) is 15.1. The Morgan fingerprint density at radius 2 is 1.58 bits per heavy atom. The molecule has 5 nitrogen and oxygen atoms in total. The van der Waals surface area contributed by atoms with Gasteiger partial charge in [-0.15, -0.1) is 0 Å². The Kier molecular flexibility index (Phi) is 6.03. The van der Waals surface area contributed by atoms with E-state index in [2.05, 4.69) is 34.4 Å². The number of amides is 1. The van der Waals surface area contributed by atoms with Crippen LogP contribution in [-0.2, 0) is 0 Å². The first kappa shape index (κ1) is 20.3. The van der Waals surface area contributed by atoms with E-state index in [4.69, 9.17) is 0 Å². The quantitative estimate of drug-likeness (QED) is 0.395. The lowest BCUT2D eigenvalue weighted by Crippen LogP contribution is -2.12. The van der Waals surface area contributed by atoms with Crippen LogP contribution >= 0.6 is 0 Å². The summed E-state index contributed by atoms with van der Waals surface area (Å²) in [7, 11) is 0. The van der Waals surface area contributed by atoms with E-state index in [1.165, 1.54) is 11.9 Å². The predicted octanol–water partition coefficient (Wildman–Crippen LogP) is 6.26. The molecule has 0 fully saturated rings. The van der Waals surface area contributed by atoms with Gasteiger partial charge in [-0.2, -0.15) is 0 Å². The van der Waals surface area contributed by atoms with Gasteiger partial charge in [0.25, 0.3) is 5.91 Å². The highest BCUT2D eigenvalue weighted by molar-refractivity contribution is 6.04. The number of benzene rings is 3. The molecule has 154 valence electrons. The summed E-state index contributed by atoms with van der Waals surface area (Å²) in [4.78, 5) is 21.4. The number of hydrogen-bond acceptors (Lipinski definition) is 4. The Bertz CT molecular complexity index is 1170. The topological polar surface area (TPSA) is 66.9 Å². The molecular formula is C26H24N4O. The van der Waals surface area contributed by atoms with Crippen LogP contribution in [0.2, 0.25) is 0 Å². The molecule has 4 rings (SSSR count). The molecule has 5 heteroatoms. The Balaban J connectivity index is 1.48. The molecule has 31 heavy (non-hydrogen) atoms. The lowest BCUT2D eigenvalue weighted by Gasteiger charge is -2.10. The maximum Gasteiger partial charge on any atom is 0.255 e. The number of hydrogen-bond donors (Lipinski definition) is 2. The van der Waals surface area contributed by atoms with Crippen molar-refractivity contribution in [2.24, 2.45) is 0 Å². The summed E-state index contributed by atoms with van der Waals surface area (Å²) in [5.74, 6) is 0.959. The average Bonchev–Trinajstić information content (AvgIpc) is 2.80. The molecule has 0 spiro atoms. The summed E-state index contributed by atoms with van der Waals surface area (Å²) in [5.41, 5.74) is 5.21. The van der Waals surface area contributed by atoms with E-state index in [1.54, 1.807) is 6.07 Å². The summed E-state index contributed by atoms with van der Waals surface area (Å²) in [6, 6.07) is 27.1. The first-order valence-electron chi connectivity index (χ1n) is 10.2. The van der Waals surface area contributed by atoms with Gasteiger partial charge in [-0.25, -0.2) is 9.97 Å². The molecule has 0 saturated heterocycles. The smallest absolute Gasteiger partial charge is 0.255 e. The molecule has 0 aliphatic rings. The Labute approximate surface area is 182 Å². The summed E-state index contributed by atoms with van der Waals surface area (Å²) >= 11 is 0. The maximum absolute atomic E-state index is 12.7. The van der Waals surface area contributed by atoms with E-state index in [1.807, 2.05) is 78.9 Å². The Morgan fingerprint density at radius 3 is 2.32 bits per heavy atom. The largest absolute Gasteiger partial charge is 0.340 e. The third kappa shape index (κ3) is 5.14. The number of aromatic nitrogens is 2. The summed E-state index contributed by atoms with van der Waals surface area (Å²) in [6.07, 6.45) is 1.53. The van der Waals surface area contributed by atoms with Crippen LogP contribution in [0.5, 0.6) is 0 Å². The zero-order chi connectivity index (χ0) is 21.6. The van der Waals surface area contributed by atoms with Crippen molar-refractivity contribution in [2.75, 3.05) is 10.6 Å². The molecule has 0 bridgehead atoms. The fourth-order valence-electron chi connectivity index (χ4n) is 3.23. The van der Waals surface area contributed by atoms with E-state index >= 15 is 0 Å². The molecule has 2 N–H and O–H groups in total. The van der Waals surface area contributed by atoms with E-state index in [-0.39, 0.29) is 5.91 Å². The third-order valence-electron chi connectivity index (χ3n) is 4.97. The Morgan fingerprint density at radius 1 is 0.806 bits per heavy atom. The molecule has 0 unspecified atom stereocenters. The van der Waals surface area contributed by atoms with Gasteiger partial charge in [0.15, 0.2) is 0 Å². The highest BCUT2D eigenvalue weighted by atomic mass is 16.1. The summed E-state index contributed by atoms with van der Waals surface area (Å²) in [6.45, 7) is 4.29. The number of anilines is 3. The molecule has 3 aromatic carbocycles. The zero-order valence-electron chi connectivity index (χ0n) is 17.5. The summed E-state index contributed by atoms with van der Waals surface area (Å²) < 4.78 is 0. The second-order valence-corrected chi connectivity index (χ2v) is 7.59. The lowest BCUT2D eigenvalue weighted by molar-refractivity contribution is 0.102. The van der Waals surface area contributed by atoms with Crippen molar-refractivity contribution in [1.82, 2.24) is 9.97 Å². The van der Waals surface area contributed by atoms with Crippen LogP contribution in [0.25, 0.3) is 11.3 Å². The van der Waals surface area contributed by atoms with E-state index < -0.39 is 0 Å². The number of carbonyl (C=O) groups excluding carboxylic acids is 1. The van der Waals surface area contributed by atoms with Crippen molar-refractivity contribution in [3.8, 4) is 11.3 Å². The standard InChI is InChI=1S/C26H24N4O/c1-18(2)19-11-13-22(14-12-19)30-26(31)21-9-6-10-23(15-21)29-25-16-24(27-17-28-25)20-7-4-3-5-8-20/h3-18H,1-2H3,(H,30,31)(H,27,28,29). The molecule has 4 aromatic rings. The zero-order valence-corrected chi connectivity index (χ0v) is 17.5. The van der Waals surface area contributed by atoms with Crippen LogP contribution in [0.3, 0.4) is 0 Å². The predicted molar refractivity (Wildman–Crippen MR) is 126 cm³/mol. The highest BCUT2D eigenvalue weighted by Gasteiger charge is 2.09. The molecular weight excluding hydrogens is 384 g/mol. The van der Waals surface area contributed by atoms with Gasteiger partial charge >= 0.3 is 0 Å². The van der Waals surface area contributed by atoms with Gasteiger partial charge in [-0.1, -0.05) is 62.4 Å². The van der Waals surface area contributed by atoms with Gasteiger partial charge in [-0.3, -0.25) is 4.79 Å². The van der Waals surface area contributed by atoms with Gasteiger partial charge in [-0.05, 0) is 41.8 Å². The minimum absolute atomic E-state index is 0.159. The van der Waals surface area contributed by atoms with Crippen LogP contribution in [0.1, 0.15) is 35.7 Å². The van der Waals surface area contributed by atoms with Crippen LogP contribution in [0.4, 0.5) is 17.2 Å². The van der Waals surface area contributed by atoms with Crippen molar-refractivity contribution in [3.05, 3.63) is 102 Å². The molecule has 0 atom stereocenters. The minimum Gasteiger partial charge on any atom is -0.340 e. The normalized spacial score (nSPS) is 10.7. The fraction of sp³-hybridized carbons (Fsp3) is 0.115. The van der Waals surface area contributed by atoms with Crippen molar-refractivity contribution >= 4 is 23.1 Å². The van der Waals surface area contributed by atoms with E-state index in [9.17, 15) is 4.79 Å². The molecule has 0 aliphatic heterocycles. The van der Waals surface area contributed by atoms with E-state index in [0.717, 1.165) is 22.6 Å². The van der Waals surface area contributed by atoms with Gasteiger partial charge in [0.2, 0.25) is 0 Å². The number of nitrogens with zero attached hydrogens (tertiary/aromatic N) is 2. The molecule has 0 radical (unpaired) electrons. The van der Waals surface area contributed by atoms with Crippen LogP contribution in [0, 0.1) is 0 Å². The number of carbonyl (C=O) groups is 1. The van der Waals surface area contributed by atoms with Crippen LogP contribution in [-0.4, -0.2) is 15.9 Å². The second-order valence-electron chi connectivity index (χ2n) is 7.59. The van der Waals surface area contributed by atoms with Gasteiger partial charge in [0.1, 0.15) is 12.1 Å². The Hall–Kier alpha value is -3.99. The average molecular weight is 409 g/mol. The molecule has 0 aliphatic carbocycles. The van der Waals surface area contributed by atoms with Crippen molar-refractivity contribution in [2.45, 2.75) is 19.8 Å². The molecule has 1 aromatic heterocycles. The molecule has 1 amide bonds. The lowest BCUT2D eigenvalue weighted by atomic mass is 10.0. The third-order valence-corrected chi connectivity index (χ3v) is 4.97. The van der Waals surface area contributed by atoms with Crippen LogP contribution in [0.15, 0.2) is 91.3 Å². The highest BCUT2D eigenvalue weighted by Crippen LogP contribution is 2.22. The summed E-state index contributed by atoms with van der Waals surface area (Å²) in [5, 5.41) is 6.22. The van der Waals surface area contributed by atoms with Crippen LogP contribution < -0.4 is 10.6 Å². The van der Waals surface area contributed by atoms with Crippen molar-refractivity contribution in [3.63, 3.8) is 0 Å². The second kappa shape index (κ2) is 9.22. The maximum atomic E-state index is 12.7. The van der Waals surface area contributed by atoms with Crippen molar-refractivity contribution in [1.29, 1.82) is 0 Å². The van der Waals surface area contributed by atoms with E-state index in [0.29, 0.717) is 17.3 Å². The first-order valence-corrected chi connectivity index (χ1v) is 10.2. The minimum atomic E-state index is -0.159. The SMILES string of the molecule is CC(C)c1ccc(NC(=O)c2cccc(Nc3cc(-c4ccccc4)ncn3)c2)cc1. The van der Waals surface area contributed by atoms with Crippen molar-refractivity contribution < 1.29 is 4.79 Å². The van der Waals surface area contributed by atoms with Gasteiger partial charge in [0, 0.05) is 28.6 Å². The fourth-order valence-corrected chi connectivity index (χ4v) is 3.23. The van der Waals surface area contributed by atoms with Gasteiger partial charge in [0.05, 0.1) is 5.69 Å². The molecule has 1 heterocycles. The van der Waals surface area contributed by atoms with Gasteiger partial charge < -0.3 is 10.6 Å². The monoisotopic (exact) mass is 408 g/mol. The number of nitrogens with one attached hydrogen (secondary N) is 2. The number of rotatable bonds is 6.